The molecular weight excluding hydrogens is 416 g/mol. The molecule has 0 saturated heterocycles. The molecule has 148 valence electrons. The van der Waals surface area contributed by atoms with Crippen molar-refractivity contribution < 1.29 is 14.6 Å². The van der Waals surface area contributed by atoms with Crippen LogP contribution in [0.1, 0.15) is 36.7 Å². The molecule has 0 bridgehead atoms. The van der Waals surface area contributed by atoms with E-state index in [2.05, 4.69) is 10.0 Å². The van der Waals surface area contributed by atoms with E-state index >= 15 is 0 Å². The summed E-state index contributed by atoms with van der Waals surface area (Å²) in [5.41, 5.74) is 1.46. The molecule has 0 radical (unpaired) electrons. The van der Waals surface area contributed by atoms with Crippen LogP contribution in [0, 0.1) is 0 Å². The first kappa shape index (κ1) is 20.4. The highest BCUT2D eigenvalue weighted by atomic mass is 35.5. The first-order chi connectivity index (χ1) is 13.4. The average molecular weight is 437 g/mol. The number of thiophene rings is 1. The second-order valence-electron chi connectivity index (χ2n) is 6.05. The van der Waals surface area contributed by atoms with Gasteiger partial charge in [-0.2, -0.15) is 0 Å². The number of halogens is 1. The minimum Gasteiger partial charge on any atom is -0.345 e. The zero-order chi connectivity index (χ0) is 20.1. The van der Waals surface area contributed by atoms with Gasteiger partial charge in [0.15, 0.2) is 0 Å². The molecule has 1 amide bonds. The number of hydrogen-bond donors (Lipinski definition) is 2. The summed E-state index contributed by atoms with van der Waals surface area (Å²) in [6, 6.07) is 18.9. The van der Waals surface area contributed by atoms with Crippen LogP contribution in [0.3, 0.4) is 0 Å². The van der Waals surface area contributed by atoms with Gasteiger partial charge >= 0.3 is 0 Å². The molecule has 3 rings (SSSR count). The Morgan fingerprint density at radius 3 is 2.39 bits per heavy atom. The lowest BCUT2D eigenvalue weighted by molar-refractivity contribution is 0.0936. The summed E-state index contributed by atoms with van der Waals surface area (Å²) in [4.78, 5) is 12.9. The second kappa shape index (κ2) is 8.77. The number of benzene rings is 2. The molecule has 2 N–H and O–H groups in total. The smallest absolute Gasteiger partial charge is 0.271 e. The third kappa shape index (κ3) is 4.73. The van der Waals surface area contributed by atoms with Crippen molar-refractivity contribution in [3.63, 3.8) is 0 Å². The van der Waals surface area contributed by atoms with E-state index in [4.69, 9.17) is 11.6 Å². The molecule has 1 heterocycles. The van der Waals surface area contributed by atoms with Gasteiger partial charge in [0.05, 0.1) is 21.6 Å². The van der Waals surface area contributed by atoms with Gasteiger partial charge in [0.25, 0.3) is 15.9 Å². The van der Waals surface area contributed by atoms with Crippen LogP contribution >= 0.6 is 22.9 Å². The molecular formula is C20H21ClN2O3S2. The third-order valence-corrected chi connectivity index (χ3v) is 7.23. The van der Waals surface area contributed by atoms with Crippen LogP contribution < -0.4 is 10.0 Å². The fourth-order valence-corrected chi connectivity index (χ4v) is 5.31. The molecule has 5 nitrogen and oxygen atoms in total. The van der Waals surface area contributed by atoms with Crippen LogP contribution in [0.5, 0.6) is 0 Å². The van der Waals surface area contributed by atoms with Gasteiger partial charge in [0.2, 0.25) is 0 Å². The molecule has 2 aromatic carbocycles. The fraction of sp³-hybridized carbons (Fsp3) is 0.150. The highest BCUT2D eigenvalue weighted by Crippen LogP contribution is 2.28. The van der Waals surface area contributed by atoms with Gasteiger partial charge in [0, 0.05) is 1.43 Å². The third-order valence-electron chi connectivity index (χ3n) is 4.14. The van der Waals surface area contributed by atoms with E-state index in [0.29, 0.717) is 10.8 Å². The number of para-hydroxylation sites is 1. The normalized spacial score (nSPS) is 12.4. The molecule has 1 aromatic heterocycles. The van der Waals surface area contributed by atoms with Gasteiger partial charge in [0.1, 0.15) is 4.21 Å². The zero-order valence-corrected chi connectivity index (χ0v) is 17.4. The SMILES string of the molecule is CC[C@H](NC(=O)c1ccccc1NS(=O)(=O)c1ccc(Cl)s1)c1ccccc1.[HH]. The largest absolute Gasteiger partial charge is 0.345 e. The summed E-state index contributed by atoms with van der Waals surface area (Å²) in [5.74, 6) is -0.349. The van der Waals surface area contributed by atoms with Crippen molar-refractivity contribution in [2.45, 2.75) is 23.6 Å². The van der Waals surface area contributed by atoms with Gasteiger partial charge < -0.3 is 5.32 Å². The summed E-state index contributed by atoms with van der Waals surface area (Å²) in [7, 11) is -3.83. The molecule has 0 saturated carbocycles. The van der Waals surface area contributed by atoms with E-state index in [1.54, 1.807) is 24.3 Å². The molecule has 0 fully saturated rings. The summed E-state index contributed by atoms with van der Waals surface area (Å²) in [5, 5.41) is 2.98. The number of sulfonamides is 1. The Morgan fingerprint density at radius 1 is 1.07 bits per heavy atom. The maximum Gasteiger partial charge on any atom is 0.271 e. The van der Waals surface area contributed by atoms with Crippen LogP contribution in [-0.2, 0) is 10.0 Å². The number of amides is 1. The molecule has 0 spiro atoms. The number of hydrogen-bond acceptors (Lipinski definition) is 4. The van der Waals surface area contributed by atoms with Crippen LogP contribution in [0.4, 0.5) is 5.69 Å². The Balaban J connectivity index is 0.00000300. The van der Waals surface area contributed by atoms with Crippen molar-refractivity contribution in [3.8, 4) is 0 Å². The Kier molecular flexibility index (Phi) is 6.39. The number of rotatable bonds is 7. The first-order valence-corrected chi connectivity index (χ1v) is 11.3. The molecule has 28 heavy (non-hydrogen) atoms. The lowest BCUT2D eigenvalue weighted by Crippen LogP contribution is -2.29. The van der Waals surface area contributed by atoms with Gasteiger partial charge in [-0.1, -0.05) is 61.0 Å². The minimum absolute atomic E-state index is 0. The molecule has 1 atom stereocenters. The van der Waals surface area contributed by atoms with E-state index < -0.39 is 10.0 Å². The lowest BCUT2D eigenvalue weighted by atomic mass is 10.0. The van der Waals surface area contributed by atoms with E-state index in [9.17, 15) is 13.2 Å². The quantitative estimate of drug-likeness (QED) is 0.525. The molecule has 0 aliphatic heterocycles. The van der Waals surface area contributed by atoms with E-state index in [0.717, 1.165) is 16.9 Å². The maximum absolute atomic E-state index is 12.9. The van der Waals surface area contributed by atoms with Crippen LogP contribution in [0.2, 0.25) is 4.34 Å². The summed E-state index contributed by atoms with van der Waals surface area (Å²) >= 11 is 6.80. The molecule has 8 heteroatoms. The van der Waals surface area contributed by atoms with Crippen LogP contribution in [0.25, 0.3) is 0 Å². The Hall–Kier alpha value is -2.35. The maximum atomic E-state index is 12.9. The van der Waals surface area contributed by atoms with Gasteiger partial charge in [-0.15, -0.1) is 11.3 Å². The Labute approximate surface area is 174 Å². The summed E-state index contributed by atoms with van der Waals surface area (Å²) in [6.45, 7) is 1.98. The predicted octanol–water partition coefficient (Wildman–Crippen LogP) is 5.33. The Morgan fingerprint density at radius 2 is 1.75 bits per heavy atom. The first-order valence-electron chi connectivity index (χ1n) is 8.63. The van der Waals surface area contributed by atoms with Crippen molar-refractivity contribution in [2.24, 2.45) is 0 Å². The number of carbonyl (C=O) groups excluding carboxylic acids is 1. The van der Waals surface area contributed by atoms with Gasteiger partial charge in [-0.3, -0.25) is 9.52 Å². The Bertz CT molecular complexity index is 1070. The summed E-state index contributed by atoms with van der Waals surface area (Å²) in [6.07, 6.45) is 0.706. The van der Waals surface area contributed by atoms with Crippen molar-refractivity contribution in [2.75, 3.05) is 4.72 Å². The molecule has 0 unspecified atom stereocenters. The highest BCUT2D eigenvalue weighted by molar-refractivity contribution is 7.94. The van der Waals surface area contributed by atoms with Crippen molar-refractivity contribution >= 4 is 44.6 Å². The van der Waals surface area contributed by atoms with Gasteiger partial charge in [-0.25, -0.2) is 8.42 Å². The van der Waals surface area contributed by atoms with E-state index in [-0.39, 0.29) is 28.8 Å². The van der Waals surface area contributed by atoms with Crippen molar-refractivity contribution in [1.29, 1.82) is 0 Å². The highest BCUT2D eigenvalue weighted by Gasteiger charge is 2.21. The van der Waals surface area contributed by atoms with Crippen LogP contribution in [-0.4, -0.2) is 14.3 Å². The van der Waals surface area contributed by atoms with Gasteiger partial charge in [-0.05, 0) is 36.2 Å². The van der Waals surface area contributed by atoms with E-state index in [1.165, 1.54) is 12.1 Å². The molecule has 0 aliphatic rings. The average Bonchev–Trinajstić information content (AvgIpc) is 3.14. The predicted molar refractivity (Wildman–Crippen MR) is 116 cm³/mol. The zero-order valence-electron chi connectivity index (χ0n) is 15.1. The number of nitrogens with one attached hydrogen (secondary N) is 2. The van der Waals surface area contributed by atoms with Crippen LogP contribution in [0.15, 0.2) is 70.9 Å². The molecule has 3 aromatic rings. The second-order valence-corrected chi connectivity index (χ2v) is 9.68. The standard InChI is InChI=1S/C20H19ClN2O3S2.H2/c1-2-16(14-8-4-3-5-9-14)22-20(24)15-10-6-7-11-17(15)23-28(25,26)19-13-12-18(21)27-19;/h3-13,16,23H,2H2,1H3,(H,22,24);1H/t16-;/m0./s1. The van der Waals surface area contributed by atoms with E-state index in [1.807, 2.05) is 37.3 Å². The topological polar surface area (TPSA) is 75.3 Å². The molecule has 0 aliphatic carbocycles. The number of carbonyl (C=O) groups is 1. The summed E-state index contributed by atoms with van der Waals surface area (Å²) < 4.78 is 28.2. The lowest BCUT2D eigenvalue weighted by Gasteiger charge is -2.19. The van der Waals surface area contributed by atoms with Crippen molar-refractivity contribution in [1.82, 2.24) is 5.32 Å². The fourth-order valence-electron chi connectivity index (χ4n) is 2.75. The minimum atomic E-state index is -3.83. The van der Waals surface area contributed by atoms with Crippen molar-refractivity contribution in [3.05, 3.63) is 82.2 Å². The monoisotopic (exact) mass is 436 g/mol. The number of anilines is 1.